The molecule has 0 fully saturated rings. The van der Waals surface area contributed by atoms with E-state index in [1.54, 1.807) is 0 Å². The lowest BCUT2D eigenvalue weighted by molar-refractivity contribution is 0.158. The number of benzene rings is 2. The smallest absolute Gasteiger partial charge is 0.0813 e. The Labute approximate surface area is 155 Å². The van der Waals surface area contributed by atoms with Gasteiger partial charge < -0.3 is 5.11 Å². The zero-order valence-corrected chi connectivity index (χ0v) is 15.2. The predicted octanol–water partition coefficient (Wildman–Crippen LogP) is 4.47. The highest BCUT2D eigenvalue weighted by Crippen LogP contribution is 2.45. The van der Waals surface area contributed by atoms with E-state index in [0.717, 1.165) is 27.1 Å². The highest BCUT2D eigenvalue weighted by atomic mass is 35.5. The molecule has 2 aromatic rings. The van der Waals surface area contributed by atoms with Gasteiger partial charge in [-0.1, -0.05) is 35.3 Å². The van der Waals surface area contributed by atoms with Crippen molar-refractivity contribution in [2.24, 2.45) is 11.0 Å². The van der Waals surface area contributed by atoms with Crippen LogP contribution in [0.5, 0.6) is 0 Å². The molecule has 2 aromatic carbocycles. The fourth-order valence-corrected chi connectivity index (χ4v) is 4.90. The third-order valence-corrected chi connectivity index (χ3v) is 6.15. The summed E-state index contributed by atoms with van der Waals surface area (Å²) in [7, 11) is 0. The fourth-order valence-electron chi connectivity index (χ4n) is 3.42. The Bertz CT molecular complexity index is 794. The first-order valence-electron chi connectivity index (χ1n) is 7.81. The van der Waals surface area contributed by atoms with Gasteiger partial charge in [-0.2, -0.15) is 5.10 Å². The number of aliphatic hydroxyl groups is 1. The monoisotopic (exact) mass is 378 g/mol. The predicted molar refractivity (Wildman–Crippen MR) is 100 cm³/mol. The molecule has 0 amide bonds. The molecule has 0 spiro atoms. The van der Waals surface area contributed by atoms with Crippen molar-refractivity contribution < 1.29 is 5.11 Å². The van der Waals surface area contributed by atoms with Gasteiger partial charge >= 0.3 is 0 Å². The standard InChI is InChI=1S/C18H16Cl2N2OS/c19-12-3-1-11(2-4-12)18-15-10-24-16-6-5-13(20)9-14(16)17(15)21-22(18)7-8-23/h1-6,9,15,18,23H,7-8,10H2/t15-,18-/m0/s1. The molecule has 0 unspecified atom stereocenters. The van der Waals surface area contributed by atoms with Gasteiger partial charge in [0.1, 0.15) is 0 Å². The lowest BCUT2D eigenvalue weighted by atomic mass is 9.88. The van der Waals surface area contributed by atoms with E-state index in [9.17, 15) is 5.11 Å². The van der Waals surface area contributed by atoms with Crippen LogP contribution >= 0.6 is 35.0 Å². The van der Waals surface area contributed by atoms with Gasteiger partial charge in [0.15, 0.2) is 0 Å². The molecule has 6 heteroatoms. The van der Waals surface area contributed by atoms with Crippen LogP contribution in [0.25, 0.3) is 0 Å². The molecule has 24 heavy (non-hydrogen) atoms. The van der Waals surface area contributed by atoms with Gasteiger partial charge in [0, 0.05) is 32.2 Å². The van der Waals surface area contributed by atoms with Crippen LogP contribution in [0.4, 0.5) is 0 Å². The molecular weight excluding hydrogens is 363 g/mol. The molecule has 0 saturated heterocycles. The molecule has 2 atom stereocenters. The zero-order chi connectivity index (χ0) is 16.7. The van der Waals surface area contributed by atoms with Crippen LogP contribution in [0.3, 0.4) is 0 Å². The minimum absolute atomic E-state index is 0.0726. The average Bonchev–Trinajstić information content (AvgIpc) is 2.94. The second-order valence-electron chi connectivity index (χ2n) is 5.93. The number of β-amino-alcohol motifs (C(OH)–C–C–N with tert-alkyl or cyclic N) is 1. The number of thioether (sulfide) groups is 1. The molecule has 0 aromatic heterocycles. The Morgan fingerprint density at radius 2 is 1.88 bits per heavy atom. The summed E-state index contributed by atoms with van der Waals surface area (Å²) in [5.74, 6) is 1.23. The van der Waals surface area contributed by atoms with Gasteiger partial charge in [0.05, 0.1) is 24.9 Å². The maximum atomic E-state index is 9.45. The quantitative estimate of drug-likeness (QED) is 0.855. The molecule has 0 bridgehead atoms. The SMILES string of the molecule is OCCN1N=C2c3cc(Cl)ccc3SC[C@@H]2[C@@H]1c1ccc(Cl)cc1. The maximum Gasteiger partial charge on any atom is 0.0813 e. The molecule has 0 radical (unpaired) electrons. The largest absolute Gasteiger partial charge is 0.394 e. The summed E-state index contributed by atoms with van der Waals surface area (Å²) in [5.41, 5.74) is 3.35. The Morgan fingerprint density at radius 1 is 1.12 bits per heavy atom. The van der Waals surface area contributed by atoms with E-state index in [1.807, 2.05) is 53.2 Å². The van der Waals surface area contributed by atoms with Gasteiger partial charge in [-0.05, 0) is 35.9 Å². The van der Waals surface area contributed by atoms with Gasteiger partial charge in [-0.25, -0.2) is 0 Å². The summed E-state index contributed by atoms with van der Waals surface area (Å²) >= 11 is 14.1. The van der Waals surface area contributed by atoms with Crippen molar-refractivity contribution in [3.05, 3.63) is 63.6 Å². The highest BCUT2D eigenvalue weighted by molar-refractivity contribution is 7.99. The van der Waals surface area contributed by atoms with Gasteiger partial charge in [-0.15, -0.1) is 11.8 Å². The van der Waals surface area contributed by atoms with E-state index < -0.39 is 0 Å². The second-order valence-corrected chi connectivity index (χ2v) is 7.86. The molecule has 124 valence electrons. The van der Waals surface area contributed by atoms with E-state index in [0.29, 0.717) is 6.54 Å². The van der Waals surface area contributed by atoms with Crippen LogP contribution in [0.15, 0.2) is 52.5 Å². The van der Waals surface area contributed by atoms with Crippen molar-refractivity contribution in [2.45, 2.75) is 10.9 Å². The average molecular weight is 379 g/mol. The number of hydrazone groups is 1. The van der Waals surface area contributed by atoms with Crippen LogP contribution in [0.1, 0.15) is 17.2 Å². The van der Waals surface area contributed by atoms with Crippen molar-refractivity contribution in [2.75, 3.05) is 18.9 Å². The van der Waals surface area contributed by atoms with Crippen LogP contribution < -0.4 is 0 Å². The molecule has 2 heterocycles. The molecule has 0 saturated carbocycles. The first-order valence-corrected chi connectivity index (χ1v) is 9.55. The third kappa shape index (κ3) is 2.82. The molecule has 2 aliphatic rings. The Hall–Kier alpha value is -1.20. The first-order chi connectivity index (χ1) is 11.7. The van der Waals surface area contributed by atoms with Crippen LogP contribution in [0.2, 0.25) is 10.0 Å². The molecule has 3 nitrogen and oxygen atoms in total. The summed E-state index contributed by atoms with van der Waals surface area (Å²) in [5, 5.41) is 17.7. The summed E-state index contributed by atoms with van der Waals surface area (Å²) in [4.78, 5) is 1.22. The van der Waals surface area contributed by atoms with E-state index >= 15 is 0 Å². The summed E-state index contributed by atoms with van der Waals surface area (Å²) in [6, 6.07) is 14.0. The molecule has 0 aliphatic carbocycles. The Balaban J connectivity index is 1.77. The lowest BCUT2D eigenvalue weighted by Crippen LogP contribution is -2.30. The van der Waals surface area contributed by atoms with Gasteiger partial charge in [0.25, 0.3) is 0 Å². The summed E-state index contributed by atoms with van der Waals surface area (Å²) < 4.78 is 0. The van der Waals surface area contributed by atoms with E-state index in [2.05, 4.69) is 6.07 Å². The number of fused-ring (bicyclic) bond motifs is 3. The number of halogens is 2. The normalized spacial score (nSPS) is 22.1. The molecule has 4 rings (SSSR count). The Kier molecular flexibility index (Phi) is 4.48. The van der Waals surface area contributed by atoms with Gasteiger partial charge in [0.2, 0.25) is 0 Å². The fraction of sp³-hybridized carbons (Fsp3) is 0.278. The zero-order valence-electron chi connectivity index (χ0n) is 12.8. The van der Waals surface area contributed by atoms with E-state index in [1.165, 1.54) is 10.5 Å². The number of rotatable bonds is 3. The van der Waals surface area contributed by atoms with Crippen molar-refractivity contribution >= 4 is 40.7 Å². The summed E-state index contributed by atoms with van der Waals surface area (Å²) in [6.45, 7) is 0.580. The third-order valence-electron chi connectivity index (χ3n) is 4.47. The Morgan fingerprint density at radius 3 is 2.62 bits per heavy atom. The van der Waals surface area contributed by atoms with Crippen molar-refractivity contribution in [3.63, 3.8) is 0 Å². The van der Waals surface area contributed by atoms with E-state index in [-0.39, 0.29) is 18.6 Å². The minimum Gasteiger partial charge on any atom is -0.394 e. The molecular formula is C18H16Cl2N2OS. The minimum atomic E-state index is 0.0726. The maximum absolute atomic E-state index is 9.45. The van der Waals surface area contributed by atoms with Crippen LogP contribution in [-0.2, 0) is 0 Å². The van der Waals surface area contributed by atoms with Crippen molar-refractivity contribution in [1.29, 1.82) is 0 Å². The van der Waals surface area contributed by atoms with Crippen molar-refractivity contribution in [3.8, 4) is 0 Å². The number of nitrogens with zero attached hydrogens (tertiary/aromatic N) is 2. The second kappa shape index (κ2) is 6.60. The van der Waals surface area contributed by atoms with Crippen molar-refractivity contribution in [1.82, 2.24) is 5.01 Å². The molecule has 1 N–H and O–H groups in total. The number of hydrogen-bond donors (Lipinski definition) is 1. The number of hydrogen-bond acceptors (Lipinski definition) is 4. The summed E-state index contributed by atoms with van der Waals surface area (Å²) in [6.07, 6.45) is 0. The van der Waals surface area contributed by atoms with E-state index in [4.69, 9.17) is 28.3 Å². The number of aliphatic hydroxyl groups excluding tert-OH is 1. The topological polar surface area (TPSA) is 35.8 Å². The first kappa shape index (κ1) is 16.3. The van der Waals surface area contributed by atoms with Crippen LogP contribution in [0, 0.1) is 5.92 Å². The lowest BCUT2D eigenvalue weighted by Gasteiger charge is -2.30. The van der Waals surface area contributed by atoms with Crippen LogP contribution in [-0.4, -0.2) is 34.7 Å². The molecule has 2 aliphatic heterocycles. The highest BCUT2D eigenvalue weighted by Gasteiger charge is 2.41. The van der Waals surface area contributed by atoms with Gasteiger partial charge in [-0.3, -0.25) is 5.01 Å².